The van der Waals surface area contributed by atoms with Crippen molar-refractivity contribution in [2.75, 3.05) is 0 Å². The van der Waals surface area contributed by atoms with Crippen LogP contribution in [-0.2, 0) is 9.36 Å². The van der Waals surface area contributed by atoms with E-state index in [4.69, 9.17) is 20.6 Å². The molecule has 0 radical (unpaired) electrons. The monoisotopic (exact) mass is 183 g/mol. The van der Waals surface area contributed by atoms with Crippen LogP contribution in [0, 0.1) is 0 Å². The molecule has 0 fully saturated rings. The number of rotatable bonds is 4. The third kappa shape index (κ3) is 4.92. The molecule has 0 aromatic rings. The molecule has 0 heterocycles. The largest absolute Gasteiger partial charge is 0.481 e. The molecule has 0 saturated heterocycles. The van der Waals surface area contributed by atoms with Crippen LogP contribution in [0.5, 0.6) is 0 Å². The molecule has 1 atom stereocenters. The summed E-state index contributed by atoms with van der Waals surface area (Å²) in [5, 5.41) is 8.12. The van der Waals surface area contributed by atoms with Crippen molar-refractivity contribution in [2.45, 2.75) is 18.6 Å². The van der Waals surface area contributed by atoms with Crippen molar-refractivity contribution in [1.82, 2.24) is 0 Å². The fraction of sp³-hybridized carbons (Fsp3) is 0.750. The van der Waals surface area contributed by atoms with Crippen molar-refractivity contribution < 1.29 is 24.3 Å². The second kappa shape index (κ2) is 3.82. The topological polar surface area (TPSA) is 121 Å². The molecule has 0 aliphatic carbocycles. The summed E-state index contributed by atoms with van der Waals surface area (Å²) in [5.74, 6) is -2.48. The Hall–Kier alpha value is -0.420. The van der Waals surface area contributed by atoms with Crippen LogP contribution in [0.15, 0.2) is 0 Å². The van der Waals surface area contributed by atoms with Crippen LogP contribution in [0.25, 0.3) is 0 Å². The van der Waals surface area contributed by atoms with Crippen LogP contribution in [-0.4, -0.2) is 26.6 Å². The zero-order valence-electron chi connectivity index (χ0n) is 5.67. The molecule has 6 nitrogen and oxygen atoms in total. The molecule has 11 heavy (non-hydrogen) atoms. The maximum Gasteiger partial charge on any atom is 0.342 e. The maximum atomic E-state index is 10.3. The average Bonchev–Trinajstić information content (AvgIpc) is 1.80. The third-order valence-electron chi connectivity index (χ3n) is 1.09. The zero-order valence-corrected chi connectivity index (χ0v) is 6.57. The Morgan fingerprint density at radius 3 is 2.27 bits per heavy atom. The fourth-order valence-corrected chi connectivity index (χ4v) is 0.905. The molecular formula is C4H10NO5P. The summed E-state index contributed by atoms with van der Waals surface area (Å²) in [7, 11) is -4.30. The summed E-state index contributed by atoms with van der Waals surface area (Å²) in [5.41, 5.74) is 4.97. The zero-order chi connectivity index (χ0) is 9.07. The van der Waals surface area contributed by atoms with E-state index in [2.05, 4.69) is 0 Å². The molecule has 0 amide bonds. The Bertz CT molecular complexity index is 187. The first kappa shape index (κ1) is 10.6. The van der Waals surface area contributed by atoms with Crippen LogP contribution in [0.1, 0.15) is 12.8 Å². The number of carboxylic acids is 1. The van der Waals surface area contributed by atoms with Crippen LogP contribution < -0.4 is 5.73 Å². The summed E-state index contributed by atoms with van der Waals surface area (Å²) < 4.78 is 10.3. The quantitative estimate of drug-likeness (QED) is 0.428. The van der Waals surface area contributed by atoms with Gasteiger partial charge in [-0.2, -0.15) is 0 Å². The van der Waals surface area contributed by atoms with E-state index in [1.807, 2.05) is 0 Å². The summed E-state index contributed by atoms with van der Waals surface area (Å²) in [6, 6.07) is 0. The predicted octanol–water partition coefficient (Wildman–Crippen LogP) is -0.686. The molecule has 66 valence electrons. The molecule has 0 unspecified atom stereocenters. The van der Waals surface area contributed by atoms with E-state index in [0.29, 0.717) is 0 Å². The van der Waals surface area contributed by atoms with Gasteiger partial charge in [-0.1, -0.05) is 0 Å². The molecular weight excluding hydrogens is 173 g/mol. The smallest absolute Gasteiger partial charge is 0.342 e. The summed E-state index contributed by atoms with van der Waals surface area (Å²) in [6.45, 7) is 0. The first-order valence-electron chi connectivity index (χ1n) is 2.86. The van der Waals surface area contributed by atoms with Gasteiger partial charge in [-0.25, -0.2) is 0 Å². The SMILES string of the molecule is N[C@@H](CCC(=O)O)P(=O)(O)O. The average molecular weight is 183 g/mol. The standard InChI is InChI=1S/C4H10NO5P/c5-3(11(8,9)10)1-2-4(6)7/h3H,1-2,5H2,(H,6,7)(H2,8,9,10)/t3-/m1/s1. The Morgan fingerprint density at radius 1 is 1.55 bits per heavy atom. The number of aliphatic carboxylic acids is 1. The fourth-order valence-electron chi connectivity index (χ4n) is 0.440. The van der Waals surface area contributed by atoms with Gasteiger partial charge in [0.05, 0.1) is 0 Å². The van der Waals surface area contributed by atoms with Gasteiger partial charge in [-0.15, -0.1) is 0 Å². The van der Waals surface area contributed by atoms with Gasteiger partial charge in [0, 0.05) is 6.42 Å². The lowest BCUT2D eigenvalue weighted by atomic mass is 10.3. The van der Waals surface area contributed by atoms with Crippen LogP contribution in [0.3, 0.4) is 0 Å². The van der Waals surface area contributed by atoms with E-state index < -0.39 is 19.3 Å². The highest BCUT2D eigenvalue weighted by Gasteiger charge is 2.24. The van der Waals surface area contributed by atoms with Crippen molar-refractivity contribution >= 4 is 13.6 Å². The highest BCUT2D eigenvalue weighted by atomic mass is 31.2. The van der Waals surface area contributed by atoms with E-state index in [0.717, 1.165) is 0 Å². The number of carboxylic acid groups (broad SMARTS) is 1. The van der Waals surface area contributed by atoms with Crippen molar-refractivity contribution in [3.05, 3.63) is 0 Å². The molecule has 0 bridgehead atoms. The number of hydrogen-bond acceptors (Lipinski definition) is 3. The minimum atomic E-state index is -4.30. The maximum absolute atomic E-state index is 10.3. The van der Waals surface area contributed by atoms with E-state index >= 15 is 0 Å². The minimum Gasteiger partial charge on any atom is -0.481 e. The second-order valence-corrected chi connectivity index (χ2v) is 3.93. The first-order valence-corrected chi connectivity index (χ1v) is 4.55. The Morgan fingerprint density at radius 2 is 2.00 bits per heavy atom. The van der Waals surface area contributed by atoms with E-state index in [-0.39, 0.29) is 12.8 Å². The van der Waals surface area contributed by atoms with Gasteiger partial charge in [-0.05, 0) is 6.42 Å². The molecule has 0 rings (SSSR count). The summed E-state index contributed by atoms with van der Waals surface area (Å²) in [4.78, 5) is 26.7. The van der Waals surface area contributed by atoms with Gasteiger partial charge in [0.2, 0.25) is 0 Å². The number of nitrogens with two attached hydrogens (primary N) is 1. The molecule has 7 heteroatoms. The van der Waals surface area contributed by atoms with Gasteiger partial charge in [0.25, 0.3) is 0 Å². The van der Waals surface area contributed by atoms with Crippen LogP contribution in [0.2, 0.25) is 0 Å². The van der Waals surface area contributed by atoms with E-state index in [1.165, 1.54) is 0 Å². The van der Waals surface area contributed by atoms with Gasteiger partial charge >= 0.3 is 13.6 Å². The normalized spacial score (nSPS) is 14.5. The van der Waals surface area contributed by atoms with E-state index in [9.17, 15) is 9.36 Å². The Labute approximate surface area is 63.2 Å². The third-order valence-corrected chi connectivity index (χ3v) is 2.21. The molecule has 0 saturated carbocycles. The molecule has 0 spiro atoms. The summed E-state index contributed by atoms with van der Waals surface area (Å²) >= 11 is 0. The van der Waals surface area contributed by atoms with Crippen molar-refractivity contribution in [2.24, 2.45) is 5.73 Å². The highest BCUT2D eigenvalue weighted by Crippen LogP contribution is 2.39. The lowest BCUT2D eigenvalue weighted by Crippen LogP contribution is -2.20. The number of carbonyl (C=O) groups is 1. The molecule has 5 N–H and O–H groups in total. The van der Waals surface area contributed by atoms with Crippen molar-refractivity contribution in [3.63, 3.8) is 0 Å². The van der Waals surface area contributed by atoms with Crippen molar-refractivity contribution in [3.8, 4) is 0 Å². The molecule has 0 aliphatic heterocycles. The van der Waals surface area contributed by atoms with Gasteiger partial charge in [-0.3, -0.25) is 9.36 Å². The minimum absolute atomic E-state index is 0.209. The van der Waals surface area contributed by atoms with E-state index in [1.54, 1.807) is 0 Å². The van der Waals surface area contributed by atoms with Gasteiger partial charge in [0.1, 0.15) is 5.78 Å². The predicted molar refractivity (Wildman–Crippen MR) is 36.9 cm³/mol. The highest BCUT2D eigenvalue weighted by molar-refractivity contribution is 7.52. The lowest BCUT2D eigenvalue weighted by molar-refractivity contribution is -0.137. The van der Waals surface area contributed by atoms with Crippen LogP contribution in [0.4, 0.5) is 0 Å². The number of hydrogen-bond donors (Lipinski definition) is 4. The molecule has 0 aromatic heterocycles. The van der Waals surface area contributed by atoms with Crippen molar-refractivity contribution in [1.29, 1.82) is 0 Å². The van der Waals surface area contributed by atoms with Gasteiger partial charge in [0.15, 0.2) is 0 Å². The first-order chi connectivity index (χ1) is 4.84. The summed E-state index contributed by atoms with van der Waals surface area (Å²) in [6.07, 6.45) is -0.536. The molecule has 0 aromatic carbocycles. The van der Waals surface area contributed by atoms with Gasteiger partial charge < -0.3 is 20.6 Å². The Balaban J connectivity index is 3.80. The second-order valence-electron chi connectivity index (χ2n) is 2.09. The van der Waals surface area contributed by atoms with Crippen LogP contribution >= 0.6 is 7.60 Å². The lowest BCUT2D eigenvalue weighted by Gasteiger charge is -2.10. The Kier molecular flexibility index (Phi) is 3.68. The molecule has 0 aliphatic rings.